The van der Waals surface area contributed by atoms with Gasteiger partial charge >= 0.3 is 0 Å². The minimum atomic E-state index is -0.516. The molecular formula is C18H24NO3+. The first-order valence-corrected chi connectivity index (χ1v) is 7.52. The molecule has 3 N–H and O–H groups in total. The Bertz CT molecular complexity index is 559. The first-order valence-electron chi connectivity index (χ1n) is 7.52. The average Bonchev–Trinajstić information content (AvgIpc) is 2.58. The molecule has 4 heteroatoms. The van der Waals surface area contributed by atoms with E-state index in [0.717, 1.165) is 5.75 Å². The van der Waals surface area contributed by atoms with Crippen molar-refractivity contribution in [1.29, 1.82) is 0 Å². The van der Waals surface area contributed by atoms with Gasteiger partial charge in [0.05, 0.1) is 7.11 Å². The summed E-state index contributed by atoms with van der Waals surface area (Å²) in [6.07, 6.45) is -0.516. The van der Waals surface area contributed by atoms with Gasteiger partial charge in [-0.05, 0) is 19.1 Å². The molecule has 0 amide bonds. The molecule has 2 rings (SSSR count). The second-order valence-electron chi connectivity index (χ2n) is 5.31. The monoisotopic (exact) mass is 302 g/mol. The van der Waals surface area contributed by atoms with E-state index in [1.165, 1.54) is 5.56 Å². The second-order valence-corrected chi connectivity index (χ2v) is 5.31. The first-order chi connectivity index (χ1) is 10.7. The maximum atomic E-state index is 10.0. The summed E-state index contributed by atoms with van der Waals surface area (Å²) >= 11 is 0. The number of aliphatic hydroxyl groups is 1. The van der Waals surface area contributed by atoms with Crippen molar-refractivity contribution in [3.05, 3.63) is 60.2 Å². The van der Waals surface area contributed by atoms with E-state index in [0.29, 0.717) is 18.3 Å². The van der Waals surface area contributed by atoms with Crippen LogP contribution in [0.5, 0.6) is 11.5 Å². The fourth-order valence-corrected chi connectivity index (χ4v) is 2.21. The van der Waals surface area contributed by atoms with Crippen LogP contribution in [0.4, 0.5) is 0 Å². The number of benzene rings is 2. The van der Waals surface area contributed by atoms with Crippen molar-refractivity contribution < 1.29 is 19.9 Å². The molecule has 2 aromatic rings. The van der Waals surface area contributed by atoms with Crippen LogP contribution < -0.4 is 14.8 Å². The van der Waals surface area contributed by atoms with Crippen molar-refractivity contribution in [2.45, 2.75) is 19.1 Å². The molecule has 118 valence electrons. The van der Waals surface area contributed by atoms with Crippen LogP contribution in [0.25, 0.3) is 0 Å². The van der Waals surface area contributed by atoms with E-state index in [9.17, 15) is 5.11 Å². The van der Waals surface area contributed by atoms with Crippen LogP contribution in [0.1, 0.15) is 18.5 Å². The van der Waals surface area contributed by atoms with Crippen molar-refractivity contribution in [3.8, 4) is 11.5 Å². The summed E-state index contributed by atoms with van der Waals surface area (Å²) in [5.74, 6) is 1.45. The lowest BCUT2D eigenvalue weighted by Gasteiger charge is -2.15. The molecule has 0 saturated heterocycles. The van der Waals surface area contributed by atoms with Crippen LogP contribution in [0, 0.1) is 0 Å². The van der Waals surface area contributed by atoms with Gasteiger partial charge in [0, 0.05) is 11.6 Å². The Balaban J connectivity index is 1.74. The summed E-state index contributed by atoms with van der Waals surface area (Å²) in [5.41, 5.74) is 1.25. The van der Waals surface area contributed by atoms with Gasteiger partial charge in [0.15, 0.2) is 0 Å². The highest BCUT2D eigenvalue weighted by Gasteiger charge is 2.12. The quantitative estimate of drug-likeness (QED) is 0.781. The van der Waals surface area contributed by atoms with E-state index in [-0.39, 0.29) is 6.61 Å². The smallest absolute Gasteiger partial charge is 0.137 e. The van der Waals surface area contributed by atoms with E-state index in [2.05, 4.69) is 24.4 Å². The van der Waals surface area contributed by atoms with Gasteiger partial charge < -0.3 is 19.9 Å². The molecule has 0 unspecified atom stereocenters. The molecular weight excluding hydrogens is 278 g/mol. The highest BCUT2D eigenvalue weighted by Crippen LogP contribution is 2.18. The number of aliphatic hydroxyl groups excluding tert-OH is 1. The van der Waals surface area contributed by atoms with Crippen LogP contribution in [0.3, 0.4) is 0 Å². The van der Waals surface area contributed by atoms with Gasteiger partial charge in [-0.2, -0.15) is 0 Å². The van der Waals surface area contributed by atoms with Gasteiger partial charge in [-0.3, -0.25) is 0 Å². The number of rotatable bonds is 8. The first kappa shape index (κ1) is 16.3. The molecule has 0 radical (unpaired) electrons. The molecule has 0 aliphatic heterocycles. The molecule has 4 nitrogen and oxygen atoms in total. The summed E-state index contributed by atoms with van der Waals surface area (Å²) < 4.78 is 10.7. The number of quaternary nitrogens is 1. The average molecular weight is 302 g/mol. The predicted octanol–water partition coefficient (Wildman–Crippen LogP) is 1.76. The fourth-order valence-electron chi connectivity index (χ4n) is 2.21. The number of hydrogen-bond acceptors (Lipinski definition) is 3. The summed E-state index contributed by atoms with van der Waals surface area (Å²) in [7, 11) is 1.62. The van der Waals surface area contributed by atoms with Crippen molar-refractivity contribution >= 4 is 0 Å². The minimum Gasteiger partial charge on any atom is -0.497 e. The molecule has 2 atom stereocenters. The van der Waals surface area contributed by atoms with Crippen LogP contribution in [0.2, 0.25) is 0 Å². The SMILES string of the molecule is COc1cccc(OC[C@@H](O)C[NH2+][C@@H](C)c2ccccc2)c1. The van der Waals surface area contributed by atoms with Crippen LogP contribution in [0.15, 0.2) is 54.6 Å². The van der Waals surface area contributed by atoms with Gasteiger partial charge in [0.2, 0.25) is 0 Å². The number of ether oxygens (including phenoxy) is 2. The zero-order valence-corrected chi connectivity index (χ0v) is 13.1. The maximum Gasteiger partial charge on any atom is 0.137 e. The zero-order valence-electron chi connectivity index (χ0n) is 13.1. The predicted molar refractivity (Wildman–Crippen MR) is 86.1 cm³/mol. The molecule has 0 heterocycles. The lowest BCUT2D eigenvalue weighted by atomic mass is 10.1. The Morgan fingerprint density at radius 2 is 1.77 bits per heavy atom. The Kier molecular flexibility index (Phi) is 6.25. The van der Waals surface area contributed by atoms with E-state index in [1.807, 2.05) is 42.5 Å². The van der Waals surface area contributed by atoms with Gasteiger partial charge in [-0.15, -0.1) is 0 Å². The lowest BCUT2D eigenvalue weighted by Crippen LogP contribution is -2.87. The summed E-state index contributed by atoms with van der Waals surface area (Å²) in [5, 5.41) is 12.2. The van der Waals surface area contributed by atoms with Crippen LogP contribution >= 0.6 is 0 Å². The van der Waals surface area contributed by atoms with Crippen LogP contribution in [-0.2, 0) is 0 Å². The highest BCUT2D eigenvalue weighted by molar-refractivity contribution is 5.32. The third-order valence-corrected chi connectivity index (χ3v) is 3.57. The molecule has 0 bridgehead atoms. The van der Waals surface area contributed by atoms with Crippen molar-refractivity contribution in [2.75, 3.05) is 20.3 Å². The van der Waals surface area contributed by atoms with E-state index >= 15 is 0 Å². The zero-order chi connectivity index (χ0) is 15.8. The number of hydrogen-bond donors (Lipinski definition) is 2. The highest BCUT2D eigenvalue weighted by atomic mass is 16.5. The van der Waals surface area contributed by atoms with Crippen molar-refractivity contribution in [3.63, 3.8) is 0 Å². The number of nitrogens with two attached hydrogens (primary N) is 1. The molecule has 0 spiro atoms. The van der Waals surface area contributed by atoms with Gasteiger partial charge in [0.1, 0.15) is 36.8 Å². The van der Waals surface area contributed by atoms with Gasteiger partial charge in [-0.1, -0.05) is 36.4 Å². The number of methoxy groups -OCH3 is 1. The second kappa shape index (κ2) is 8.41. The summed E-state index contributed by atoms with van der Waals surface area (Å²) in [6, 6.07) is 18.0. The molecule has 0 aliphatic rings. The Morgan fingerprint density at radius 1 is 1.05 bits per heavy atom. The van der Waals surface area contributed by atoms with Crippen molar-refractivity contribution in [2.24, 2.45) is 0 Å². The minimum absolute atomic E-state index is 0.269. The fraction of sp³-hybridized carbons (Fsp3) is 0.333. The van der Waals surface area contributed by atoms with E-state index in [1.54, 1.807) is 7.11 Å². The lowest BCUT2D eigenvalue weighted by molar-refractivity contribution is -0.698. The van der Waals surface area contributed by atoms with Crippen molar-refractivity contribution in [1.82, 2.24) is 0 Å². The van der Waals surface area contributed by atoms with Gasteiger partial charge in [-0.25, -0.2) is 0 Å². The largest absolute Gasteiger partial charge is 0.497 e. The molecule has 22 heavy (non-hydrogen) atoms. The Labute approximate surface area is 131 Å². The third kappa shape index (κ3) is 5.06. The molecule has 0 fully saturated rings. The third-order valence-electron chi connectivity index (χ3n) is 3.57. The topological polar surface area (TPSA) is 55.3 Å². The maximum absolute atomic E-state index is 10.0. The molecule has 0 aromatic heterocycles. The van der Waals surface area contributed by atoms with Gasteiger partial charge in [0.25, 0.3) is 0 Å². The van der Waals surface area contributed by atoms with E-state index in [4.69, 9.17) is 9.47 Å². The Hall–Kier alpha value is -2.04. The normalized spacial score (nSPS) is 13.4. The summed E-state index contributed by atoms with van der Waals surface area (Å²) in [4.78, 5) is 0. The Morgan fingerprint density at radius 3 is 2.50 bits per heavy atom. The van der Waals surface area contributed by atoms with Crippen LogP contribution in [-0.4, -0.2) is 31.5 Å². The molecule has 0 saturated carbocycles. The standard InChI is InChI=1S/C18H23NO3/c1-14(15-7-4-3-5-8-15)19-12-16(20)13-22-18-10-6-9-17(11-18)21-2/h3-11,14,16,19-20H,12-13H2,1-2H3/p+1/t14-,16-/m0/s1. The van der Waals surface area contributed by atoms with E-state index < -0.39 is 6.10 Å². The summed E-state index contributed by atoms with van der Waals surface area (Å²) in [6.45, 7) is 3.00. The molecule has 2 aromatic carbocycles. The molecule has 0 aliphatic carbocycles.